The van der Waals surface area contributed by atoms with Crippen molar-refractivity contribution in [2.75, 3.05) is 0 Å². The van der Waals surface area contributed by atoms with Gasteiger partial charge in [-0.3, -0.25) is 0 Å². The molecule has 1 rings (SSSR count). The summed E-state index contributed by atoms with van der Waals surface area (Å²) in [6, 6.07) is 0.537. The summed E-state index contributed by atoms with van der Waals surface area (Å²) < 4.78 is 48.9. The summed E-state index contributed by atoms with van der Waals surface area (Å²) in [7, 11) is 0. The SMILES string of the molecule is [C-]#[N+]c1cc(C(F)(F)F)cc(F)c1O. The van der Waals surface area contributed by atoms with E-state index in [1.54, 1.807) is 0 Å². The molecule has 0 spiro atoms. The Bertz CT molecular complexity index is 405. The van der Waals surface area contributed by atoms with Crippen LogP contribution < -0.4 is 0 Å². The average Bonchev–Trinajstić information content (AvgIpc) is 2.07. The fraction of sp³-hybridized carbons (Fsp3) is 0.125. The highest BCUT2D eigenvalue weighted by molar-refractivity contribution is 5.59. The second kappa shape index (κ2) is 3.18. The van der Waals surface area contributed by atoms with Crippen LogP contribution in [0.25, 0.3) is 4.85 Å². The summed E-state index contributed by atoms with van der Waals surface area (Å²) in [4.78, 5) is 2.57. The number of phenolic OH excluding ortho intramolecular Hbond substituents is 1. The number of alkyl halides is 3. The van der Waals surface area contributed by atoms with Crippen LogP contribution in [0.15, 0.2) is 12.1 Å². The summed E-state index contributed by atoms with van der Waals surface area (Å²) in [6.45, 7) is 6.41. The molecule has 0 radical (unpaired) electrons. The van der Waals surface area contributed by atoms with E-state index >= 15 is 0 Å². The Labute approximate surface area is 76.2 Å². The van der Waals surface area contributed by atoms with Crippen LogP contribution in [0.3, 0.4) is 0 Å². The smallest absolute Gasteiger partial charge is 0.415 e. The maximum absolute atomic E-state index is 12.7. The van der Waals surface area contributed by atoms with Crippen LogP contribution in [0.1, 0.15) is 5.56 Å². The number of hydrogen-bond donors (Lipinski definition) is 1. The molecule has 14 heavy (non-hydrogen) atoms. The van der Waals surface area contributed by atoms with E-state index in [4.69, 9.17) is 11.7 Å². The highest BCUT2D eigenvalue weighted by atomic mass is 19.4. The van der Waals surface area contributed by atoms with Crippen LogP contribution in [0.4, 0.5) is 23.2 Å². The van der Waals surface area contributed by atoms with Crippen molar-refractivity contribution in [3.8, 4) is 5.75 Å². The lowest BCUT2D eigenvalue weighted by molar-refractivity contribution is -0.137. The molecule has 1 N–H and O–H groups in total. The van der Waals surface area contributed by atoms with E-state index in [1.807, 2.05) is 0 Å². The Balaban J connectivity index is 3.40. The Morgan fingerprint density at radius 3 is 2.29 bits per heavy atom. The van der Waals surface area contributed by atoms with Crippen molar-refractivity contribution in [3.05, 3.63) is 34.9 Å². The average molecular weight is 205 g/mol. The van der Waals surface area contributed by atoms with E-state index < -0.39 is 29.0 Å². The van der Waals surface area contributed by atoms with E-state index in [2.05, 4.69) is 4.85 Å². The first-order valence-electron chi connectivity index (χ1n) is 3.33. The molecule has 0 heterocycles. The monoisotopic (exact) mass is 205 g/mol. The van der Waals surface area contributed by atoms with Gasteiger partial charge in [-0.1, -0.05) is 0 Å². The maximum Gasteiger partial charge on any atom is 0.415 e. The quantitative estimate of drug-likeness (QED) is 0.510. The first-order chi connectivity index (χ1) is 6.36. The van der Waals surface area contributed by atoms with Crippen LogP contribution in [-0.2, 0) is 6.18 Å². The maximum atomic E-state index is 12.7. The van der Waals surface area contributed by atoms with Crippen LogP contribution in [-0.4, -0.2) is 5.11 Å². The van der Waals surface area contributed by atoms with Gasteiger partial charge >= 0.3 is 6.18 Å². The first kappa shape index (κ1) is 10.3. The molecule has 1 aromatic rings. The molecule has 0 saturated heterocycles. The molecular formula is C8H3F4NO. The van der Waals surface area contributed by atoms with E-state index in [-0.39, 0.29) is 6.07 Å². The van der Waals surface area contributed by atoms with Gasteiger partial charge in [-0.25, -0.2) is 9.24 Å². The van der Waals surface area contributed by atoms with Gasteiger partial charge < -0.3 is 5.11 Å². The minimum absolute atomic E-state index is 0.143. The molecule has 0 amide bonds. The van der Waals surface area contributed by atoms with E-state index in [9.17, 15) is 17.6 Å². The largest absolute Gasteiger partial charge is 0.516 e. The van der Waals surface area contributed by atoms with Gasteiger partial charge in [-0.2, -0.15) is 13.2 Å². The van der Waals surface area contributed by atoms with Crippen molar-refractivity contribution in [2.45, 2.75) is 6.18 Å². The van der Waals surface area contributed by atoms with Crippen LogP contribution in [0, 0.1) is 12.4 Å². The summed E-state index contributed by atoms with van der Waals surface area (Å²) >= 11 is 0. The molecular weight excluding hydrogens is 202 g/mol. The van der Waals surface area contributed by atoms with Gasteiger partial charge in [0.1, 0.15) is 0 Å². The number of halogens is 4. The Morgan fingerprint density at radius 2 is 1.86 bits per heavy atom. The molecule has 0 aliphatic rings. The summed E-state index contributed by atoms with van der Waals surface area (Å²) in [6.07, 6.45) is -4.73. The van der Waals surface area contributed by atoms with Crippen molar-refractivity contribution < 1.29 is 22.7 Å². The lowest BCUT2D eigenvalue weighted by Crippen LogP contribution is -2.04. The third kappa shape index (κ3) is 1.76. The molecule has 2 nitrogen and oxygen atoms in total. The van der Waals surface area contributed by atoms with Gasteiger partial charge in [0.2, 0.25) is 5.69 Å². The Hall–Kier alpha value is -1.77. The van der Waals surface area contributed by atoms with Crippen LogP contribution in [0.5, 0.6) is 5.75 Å². The predicted octanol–water partition coefficient (Wildman–Crippen LogP) is 3.10. The van der Waals surface area contributed by atoms with E-state index in [0.29, 0.717) is 6.07 Å². The number of hydrogen-bond acceptors (Lipinski definition) is 1. The standard InChI is InChI=1S/C8H3F4NO/c1-13-6-3-4(8(10,11)12)2-5(9)7(6)14/h2-3,14H. The van der Waals surface area contributed by atoms with Gasteiger partial charge in [0.25, 0.3) is 0 Å². The molecule has 0 aromatic heterocycles. The van der Waals surface area contributed by atoms with Crippen LogP contribution >= 0.6 is 0 Å². The molecule has 0 aliphatic heterocycles. The number of nitrogens with zero attached hydrogens (tertiary/aromatic N) is 1. The van der Waals surface area contributed by atoms with E-state index in [1.165, 1.54) is 0 Å². The summed E-state index contributed by atoms with van der Waals surface area (Å²) in [5.74, 6) is -2.51. The molecule has 1 aromatic carbocycles. The molecule has 0 unspecified atom stereocenters. The first-order valence-corrected chi connectivity index (χ1v) is 3.33. The molecule has 0 saturated carbocycles. The minimum Gasteiger partial charge on any atom is -0.516 e. The summed E-state index contributed by atoms with van der Waals surface area (Å²) in [5.41, 5.74) is -2.05. The number of rotatable bonds is 0. The van der Waals surface area contributed by atoms with Gasteiger partial charge in [0.05, 0.1) is 6.57 Å². The normalized spacial score (nSPS) is 11.1. The third-order valence-electron chi connectivity index (χ3n) is 1.49. The van der Waals surface area contributed by atoms with Gasteiger partial charge in [0, 0.05) is 5.56 Å². The topological polar surface area (TPSA) is 24.6 Å². The number of benzene rings is 1. The molecule has 0 atom stereocenters. The zero-order valence-electron chi connectivity index (χ0n) is 6.56. The molecule has 74 valence electrons. The zero-order chi connectivity index (χ0) is 10.9. The number of phenols is 1. The second-order valence-corrected chi connectivity index (χ2v) is 2.44. The van der Waals surface area contributed by atoms with Crippen molar-refractivity contribution in [2.24, 2.45) is 0 Å². The highest BCUT2D eigenvalue weighted by Crippen LogP contribution is 2.37. The lowest BCUT2D eigenvalue weighted by Gasteiger charge is -2.08. The van der Waals surface area contributed by atoms with Crippen molar-refractivity contribution >= 4 is 5.69 Å². The Morgan fingerprint density at radius 1 is 1.29 bits per heavy atom. The van der Waals surface area contributed by atoms with Crippen molar-refractivity contribution in [1.82, 2.24) is 0 Å². The summed E-state index contributed by atoms with van der Waals surface area (Å²) in [5, 5.41) is 8.83. The van der Waals surface area contributed by atoms with Crippen molar-refractivity contribution in [1.29, 1.82) is 0 Å². The fourth-order valence-corrected chi connectivity index (χ4v) is 0.833. The highest BCUT2D eigenvalue weighted by Gasteiger charge is 2.32. The van der Waals surface area contributed by atoms with Gasteiger partial charge in [-0.15, -0.1) is 0 Å². The minimum atomic E-state index is -4.73. The predicted molar refractivity (Wildman–Crippen MR) is 39.3 cm³/mol. The Kier molecular flexibility index (Phi) is 2.34. The molecule has 0 aliphatic carbocycles. The lowest BCUT2D eigenvalue weighted by atomic mass is 10.1. The van der Waals surface area contributed by atoms with E-state index in [0.717, 1.165) is 0 Å². The molecule has 0 fully saturated rings. The zero-order valence-corrected chi connectivity index (χ0v) is 6.56. The molecule has 0 bridgehead atoms. The molecule has 6 heteroatoms. The number of aromatic hydroxyl groups is 1. The van der Waals surface area contributed by atoms with Crippen LogP contribution in [0.2, 0.25) is 0 Å². The second-order valence-electron chi connectivity index (χ2n) is 2.44. The van der Waals surface area contributed by atoms with Crippen molar-refractivity contribution in [3.63, 3.8) is 0 Å². The fourth-order valence-electron chi connectivity index (χ4n) is 0.833. The van der Waals surface area contributed by atoms with Gasteiger partial charge in [-0.05, 0) is 12.1 Å². The third-order valence-corrected chi connectivity index (χ3v) is 1.49. The van der Waals surface area contributed by atoms with Gasteiger partial charge in [0.15, 0.2) is 11.6 Å².